The van der Waals surface area contributed by atoms with E-state index in [1.54, 1.807) is 0 Å². The summed E-state index contributed by atoms with van der Waals surface area (Å²) in [5, 5.41) is 8.04. The lowest BCUT2D eigenvalue weighted by Gasteiger charge is -2.01. The van der Waals surface area contributed by atoms with Gasteiger partial charge in [-0.15, -0.1) is 0 Å². The quantitative estimate of drug-likeness (QED) is 0.911. The number of rotatable bonds is 4. The second-order valence-corrected chi connectivity index (χ2v) is 5.18. The Labute approximate surface area is 128 Å². The molecule has 0 saturated carbocycles. The number of hydrogen-bond acceptors (Lipinski definition) is 2. The van der Waals surface area contributed by atoms with Gasteiger partial charge in [-0.3, -0.25) is 0 Å². The third-order valence-corrected chi connectivity index (χ3v) is 3.25. The summed E-state index contributed by atoms with van der Waals surface area (Å²) in [5.74, 6) is 0. The highest BCUT2D eigenvalue weighted by Gasteiger charge is 1.94. The molecule has 0 radical (unpaired) electrons. The van der Waals surface area contributed by atoms with Gasteiger partial charge in [-0.2, -0.15) is 5.26 Å². The highest BCUT2D eigenvalue weighted by atomic mass is 14.6. The Morgan fingerprint density at radius 1 is 1.00 bits per heavy atom. The molecule has 0 fully saturated rings. The summed E-state index contributed by atoms with van der Waals surface area (Å²) >= 11 is 0. The molecule has 1 unspecified atom stereocenters. The second kappa shape index (κ2) is 9.74. The standard InChI is InChI=1S/C14H14.C5H10N2/c1-12-7-9-14(10-8-12)11-13-5-3-2-4-6-13;1-2-5(7)3-4-6/h2-10H,11H2,1H3;5H,2-3,7H2,1H3. The fraction of sp³-hybridized carbons (Fsp3) is 0.316. The van der Waals surface area contributed by atoms with Crippen LogP contribution in [-0.4, -0.2) is 6.04 Å². The Kier molecular flexibility index (Phi) is 7.86. The lowest BCUT2D eigenvalue weighted by molar-refractivity contribution is 0.665. The van der Waals surface area contributed by atoms with Crippen molar-refractivity contribution in [1.29, 1.82) is 5.26 Å². The van der Waals surface area contributed by atoms with Gasteiger partial charge < -0.3 is 5.73 Å². The maximum absolute atomic E-state index is 8.04. The SMILES string of the molecule is CCC(N)CC#N.Cc1ccc(Cc2ccccc2)cc1. The molecule has 0 heterocycles. The van der Waals surface area contributed by atoms with Gasteiger partial charge >= 0.3 is 0 Å². The number of nitrogens with two attached hydrogens (primary N) is 1. The molecule has 0 aliphatic rings. The lowest BCUT2D eigenvalue weighted by Crippen LogP contribution is -2.16. The van der Waals surface area contributed by atoms with Gasteiger partial charge in [0.1, 0.15) is 0 Å². The van der Waals surface area contributed by atoms with Crippen molar-refractivity contribution in [2.75, 3.05) is 0 Å². The normalized spacial score (nSPS) is 11.0. The van der Waals surface area contributed by atoms with E-state index in [4.69, 9.17) is 11.0 Å². The molecular formula is C19H24N2. The zero-order chi connectivity index (χ0) is 15.5. The molecule has 21 heavy (non-hydrogen) atoms. The van der Waals surface area contributed by atoms with Crippen LogP contribution in [0.2, 0.25) is 0 Å². The molecule has 1 atom stereocenters. The van der Waals surface area contributed by atoms with Crippen molar-refractivity contribution >= 4 is 0 Å². The van der Waals surface area contributed by atoms with E-state index in [0.717, 1.165) is 12.8 Å². The van der Waals surface area contributed by atoms with E-state index in [2.05, 4.69) is 61.5 Å². The first-order chi connectivity index (χ1) is 10.2. The molecule has 0 spiro atoms. The highest BCUT2D eigenvalue weighted by Crippen LogP contribution is 2.09. The third-order valence-electron chi connectivity index (χ3n) is 3.25. The fourth-order valence-corrected chi connectivity index (χ4v) is 1.80. The van der Waals surface area contributed by atoms with E-state index in [9.17, 15) is 0 Å². The maximum Gasteiger partial charge on any atom is 0.0638 e. The van der Waals surface area contributed by atoms with E-state index < -0.39 is 0 Å². The first-order valence-corrected chi connectivity index (χ1v) is 7.37. The minimum absolute atomic E-state index is 0.0880. The monoisotopic (exact) mass is 280 g/mol. The summed E-state index contributed by atoms with van der Waals surface area (Å²) in [5.41, 5.74) is 9.43. The van der Waals surface area contributed by atoms with E-state index in [0.29, 0.717) is 6.42 Å². The Morgan fingerprint density at radius 2 is 1.57 bits per heavy atom. The Morgan fingerprint density at radius 3 is 2.05 bits per heavy atom. The van der Waals surface area contributed by atoms with Crippen molar-refractivity contribution in [1.82, 2.24) is 0 Å². The Hall–Kier alpha value is -2.11. The Balaban J connectivity index is 0.000000270. The minimum Gasteiger partial charge on any atom is -0.327 e. The Bertz CT molecular complexity index is 538. The van der Waals surface area contributed by atoms with Crippen LogP contribution in [0.25, 0.3) is 0 Å². The predicted molar refractivity (Wildman–Crippen MR) is 88.9 cm³/mol. The molecule has 110 valence electrons. The van der Waals surface area contributed by atoms with Gasteiger partial charge in [0.2, 0.25) is 0 Å². The van der Waals surface area contributed by atoms with E-state index in [1.807, 2.05) is 13.0 Å². The van der Waals surface area contributed by atoms with Crippen LogP contribution >= 0.6 is 0 Å². The number of aryl methyl sites for hydroxylation is 1. The second-order valence-electron chi connectivity index (χ2n) is 5.18. The molecule has 0 amide bonds. The molecular weight excluding hydrogens is 256 g/mol. The predicted octanol–water partition coefficient (Wildman–Crippen LogP) is 4.22. The van der Waals surface area contributed by atoms with E-state index in [-0.39, 0.29) is 6.04 Å². The summed E-state index contributed by atoms with van der Waals surface area (Å²) in [4.78, 5) is 0. The van der Waals surface area contributed by atoms with Gasteiger partial charge in [-0.05, 0) is 30.9 Å². The van der Waals surface area contributed by atoms with Crippen molar-refractivity contribution in [2.45, 2.75) is 39.2 Å². The minimum atomic E-state index is 0.0880. The summed E-state index contributed by atoms with van der Waals surface area (Å²) < 4.78 is 0. The van der Waals surface area contributed by atoms with Crippen LogP contribution in [-0.2, 0) is 6.42 Å². The van der Waals surface area contributed by atoms with Crippen LogP contribution in [0, 0.1) is 18.3 Å². The smallest absolute Gasteiger partial charge is 0.0638 e. The molecule has 0 bridgehead atoms. The van der Waals surface area contributed by atoms with Crippen LogP contribution in [0.15, 0.2) is 54.6 Å². The molecule has 2 nitrogen and oxygen atoms in total. The third kappa shape index (κ3) is 7.29. The molecule has 2 rings (SSSR count). The van der Waals surface area contributed by atoms with E-state index in [1.165, 1.54) is 16.7 Å². The molecule has 2 N–H and O–H groups in total. The largest absolute Gasteiger partial charge is 0.327 e. The van der Waals surface area contributed by atoms with Crippen LogP contribution < -0.4 is 5.73 Å². The summed E-state index contributed by atoms with van der Waals surface area (Å²) in [6, 6.07) is 21.4. The van der Waals surface area contributed by atoms with Gasteiger partial charge in [0.25, 0.3) is 0 Å². The average molecular weight is 280 g/mol. The molecule has 0 aliphatic carbocycles. The summed E-state index contributed by atoms with van der Waals surface area (Å²) in [7, 11) is 0. The number of hydrogen-bond donors (Lipinski definition) is 1. The van der Waals surface area contributed by atoms with Crippen molar-refractivity contribution in [3.63, 3.8) is 0 Å². The molecule has 0 aliphatic heterocycles. The molecule has 2 heteroatoms. The van der Waals surface area contributed by atoms with Crippen molar-refractivity contribution in [3.05, 3.63) is 71.3 Å². The van der Waals surface area contributed by atoms with Gasteiger partial charge in [0.15, 0.2) is 0 Å². The van der Waals surface area contributed by atoms with Gasteiger partial charge in [0, 0.05) is 6.04 Å². The topological polar surface area (TPSA) is 49.8 Å². The number of nitrogens with zero attached hydrogens (tertiary/aromatic N) is 1. The first-order valence-electron chi connectivity index (χ1n) is 7.37. The molecule has 2 aromatic rings. The zero-order valence-electron chi connectivity index (χ0n) is 12.9. The lowest BCUT2D eigenvalue weighted by atomic mass is 10.0. The van der Waals surface area contributed by atoms with Crippen LogP contribution in [0.5, 0.6) is 0 Å². The van der Waals surface area contributed by atoms with Gasteiger partial charge in [0.05, 0.1) is 12.5 Å². The number of nitriles is 1. The van der Waals surface area contributed by atoms with Crippen molar-refractivity contribution < 1.29 is 0 Å². The summed E-state index contributed by atoms with van der Waals surface area (Å²) in [6.07, 6.45) is 2.41. The zero-order valence-corrected chi connectivity index (χ0v) is 12.9. The maximum atomic E-state index is 8.04. The molecule has 0 saturated heterocycles. The average Bonchev–Trinajstić information content (AvgIpc) is 2.51. The van der Waals surface area contributed by atoms with Gasteiger partial charge in [-0.25, -0.2) is 0 Å². The van der Waals surface area contributed by atoms with Crippen molar-refractivity contribution in [2.24, 2.45) is 5.73 Å². The summed E-state index contributed by atoms with van der Waals surface area (Å²) in [6.45, 7) is 4.09. The van der Waals surface area contributed by atoms with E-state index >= 15 is 0 Å². The van der Waals surface area contributed by atoms with Crippen molar-refractivity contribution in [3.8, 4) is 6.07 Å². The highest BCUT2D eigenvalue weighted by molar-refractivity contribution is 5.27. The molecule has 0 aromatic heterocycles. The van der Waals surface area contributed by atoms with Crippen LogP contribution in [0.3, 0.4) is 0 Å². The number of benzene rings is 2. The van der Waals surface area contributed by atoms with Crippen LogP contribution in [0.4, 0.5) is 0 Å². The first kappa shape index (κ1) is 16.9. The fourth-order valence-electron chi connectivity index (χ4n) is 1.80. The van der Waals surface area contributed by atoms with Crippen LogP contribution in [0.1, 0.15) is 36.5 Å². The van der Waals surface area contributed by atoms with Gasteiger partial charge in [-0.1, -0.05) is 67.1 Å². The molecule has 2 aromatic carbocycles.